The summed E-state index contributed by atoms with van der Waals surface area (Å²) in [7, 11) is 0. The summed E-state index contributed by atoms with van der Waals surface area (Å²) in [5, 5.41) is 0.890. The highest BCUT2D eigenvalue weighted by Gasteiger charge is 2.36. The first-order valence-corrected chi connectivity index (χ1v) is 6.97. The van der Waals surface area contributed by atoms with E-state index in [1.54, 1.807) is 16.2 Å². The number of benzene rings is 1. The van der Waals surface area contributed by atoms with Gasteiger partial charge in [0.1, 0.15) is 11.2 Å². The first-order chi connectivity index (χ1) is 9.13. The molecule has 2 unspecified atom stereocenters. The molecule has 3 rings (SSSR count). The van der Waals surface area contributed by atoms with Crippen LogP contribution in [0.3, 0.4) is 0 Å². The fourth-order valence-corrected chi connectivity index (χ4v) is 3.47. The molecule has 0 bridgehead atoms. The van der Waals surface area contributed by atoms with Crippen LogP contribution >= 0.6 is 11.3 Å². The molecular formula is C13H14FN3OS. The van der Waals surface area contributed by atoms with Crippen LogP contribution in [0, 0.1) is 0 Å². The number of aromatic nitrogens is 1. The minimum Gasteiger partial charge on any atom is -0.368 e. The van der Waals surface area contributed by atoms with Crippen LogP contribution in [0.15, 0.2) is 24.3 Å². The van der Waals surface area contributed by atoms with E-state index < -0.39 is 18.1 Å². The Balaban J connectivity index is 1.82. The van der Waals surface area contributed by atoms with Crippen molar-refractivity contribution < 1.29 is 9.18 Å². The van der Waals surface area contributed by atoms with E-state index in [9.17, 15) is 9.18 Å². The molecule has 1 aliphatic rings. The van der Waals surface area contributed by atoms with Gasteiger partial charge in [0.2, 0.25) is 5.91 Å². The molecule has 0 saturated carbocycles. The number of alkyl halides is 1. The lowest BCUT2D eigenvalue weighted by molar-refractivity contribution is -0.122. The minimum absolute atomic E-state index is 0.195. The van der Waals surface area contributed by atoms with Crippen molar-refractivity contribution in [2.24, 2.45) is 5.73 Å². The third-order valence-corrected chi connectivity index (χ3v) is 4.38. The zero-order valence-electron chi connectivity index (χ0n) is 10.3. The van der Waals surface area contributed by atoms with Crippen LogP contribution in [-0.2, 0) is 11.3 Å². The maximum atomic E-state index is 13.4. The van der Waals surface area contributed by atoms with Crippen LogP contribution in [0.5, 0.6) is 0 Å². The number of halogens is 1. The molecule has 19 heavy (non-hydrogen) atoms. The smallest absolute Gasteiger partial charge is 0.234 e. The van der Waals surface area contributed by atoms with Gasteiger partial charge in [-0.05, 0) is 12.1 Å². The highest BCUT2D eigenvalue weighted by Crippen LogP contribution is 2.26. The predicted octanol–water partition coefficient (Wildman–Crippen LogP) is 1.69. The zero-order valence-corrected chi connectivity index (χ0v) is 11.1. The molecule has 100 valence electrons. The summed E-state index contributed by atoms with van der Waals surface area (Å²) in [6, 6.07) is 7.34. The predicted molar refractivity (Wildman–Crippen MR) is 72.5 cm³/mol. The minimum atomic E-state index is -0.980. The second kappa shape index (κ2) is 4.86. The first kappa shape index (κ1) is 12.5. The summed E-state index contributed by atoms with van der Waals surface area (Å²) in [5.41, 5.74) is 6.25. The number of fused-ring (bicyclic) bond motifs is 1. The lowest BCUT2D eigenvalue weighted by Gasteiger charge is -2.19. The van der Waals surface area contributed by atoms with Crippen molar-refractivity contribution in [3.63, 3.8) is 0 Å². The number of primary amides is 1. The Morgan fingerprint density at radius 3 is 3.05 bits per heavy atom. The van der Waals surface area contributed by atoms with Crippen molar-refractivity contribution in [3.8, 4) is 0 Å². The zero-order chi connectivity index (χ0) is 13.4. The van der Waals surface area contributed by atoms with Crippen molar-refractivity contribution in [1.29, 1.82) is 0 Å². The van der Waals surface area contributed by atoms with Crippen LogP contribution in [0.1, 0.15) is 11.4 Å². The van der Waals surface area contributed by atoms with E-state index >= 15 is 0 Å². The molecule has 2 heterocycles. The van der Waals surface area contributed by atoms with Gasteiger partial charge in [-0.2, -0.15) is 0 Å². The van der Waals surface area contributed by atoms with Gasteiger partial charge >= 0.3 is 0 Å². The lowest BCUT2D eigenvalue weighted by Crippen LogP contribution is -2.39. The lowest BCUT2D eigenvalue weighted by atomic mass is 10.2. The summed E-state index contributed by atoms with van der Waals surface area (Å²) >= 11 is 1.57. The second-order valence-electron chi connectivity index (χ2n) is 4.76. The summed E-state index contributed by atoms with van der Waals surface area (Å²) in [5.74, 6) is -0.457. The Labute approximate surface area is 114 Å². The molecule has 1 fully saturated rings. The summed E-state index contributed by atoms with van der Waals surface area (Å²) < 4.78 is 14.5. The molecule has 2 N–H and O–H groups in total. The number of nitrogens with two attached hydrogens (primary N) is 1. The highest BCUT2D eigenvalue weighted by molar-refractivity contribution is 7.18. The van der Waals surface area contributed by atoms with Crippen LogP contribution in [-0.4, -0.2) is 34.5 Å². The van der Waals surface area contributed by atoms with Crippen LogP contribution in [0.2, 0.25) is 0 Å². The Bertz CT molecular complexity index is 582. The number of hydrogen-bond acceptors (Lipinski definition) is 4. The number of para-hydroxylation sites is 1. The van der Waals surface area contributed by atoms with E-state index in [0.717, 1.165) is 15.2 Å². The Kier molecular flexibility index (Phi) is 3.20. The molecule has 0 spiro atoms. The summed E-state index contributed by atoms with van der Waals surface area (Å²) in [4.78, 5) is 17.6. The Morgan fingerprint density at radius 2 is 2.32 bits per heavy atom. The van der Waals surface area contributed by atoms with Crippen molar-refractivity contribution >= 4 is 27.5 Å². The van der Waals surface area contributed by atoms with Gasteiger partial charge in [-0.3, -0.25) is 9.69 Å². The van der Waals surface area contributed by atoms with Gasteiger partial charge in [0, 0.05) is 13.0 Å². The number of hydrogen-bond donors (Lipinski definition) is 1. The van der Waals surface area contributed by atoms with Crippen molar-refractivity contribution in [2.45, 2.75) is 25.2 Å². The van der Waals surface area contributed by atoms with E-state index in [1.165, 1.54) is 0 Å². The highest BCUT2D eigenvalue weighted by atomic mass is 32.1. The topological polar surface area (TPSA) is 59.2 Å². The SMILES string of the molecule is NC(=O)C1CC(F)CN1Cc1nc2ccccc2s1. The second-order valence-corrected chi connectivity index (χ2v) is 5.87. The van der Waals surface area contributed by atoms with E-state index in [0.29, 0.717) is 6.54 Å². The van der Waals surface area contributed by atoms with Gasteiger partial charge in [-0.1, -0.05) is 12.1 Å². The number of carbonyl (C=O) groups is 1. The Morgan fingerprint density at radius 1 is 1.53 bits per heavy atom. The Hall–Kier alpha value is -1.53. The van der Waals surface area contributed by atoms with Gasteiger partial charge in [0.15, 0.2) is 0 Å². The van der Waals surface area contributed by atoms with Crippen molar-refractivity contribution in [2.75, 3.05) is 6.54 Å². The first-order valence-electron chi connectivity index (χ1n) is 6.15. The number of likely N-dealkylation sites (tertiary alicyclic amines) is 1. The van der Waals surface area contributed by atoms with Gasteiger partial charge in [-0.15, -0.1) is 11.3 Å². The molecular weight excluding hydrogens is 265 g/mol. The molecule has 2 atom stereocenters. The molecule has 0 aliphatic carbocycles. The molecule has 4 nitrogen and oxygen atoms in total. The normalized spacial score (nSPS) is 24.1. The maximum Gasteiger partial charge on any atom is 0.234 e. The van der Waals surface area contributed by atoms with E-state index in [4.69, 9.17) is 5.73 Å². The van der Waals surface area contributed by atoms with E-state index in [-0.39, 0.29) is 13.0 Å². The molecule has 1 aromatic carbocycles. The average molecular weight is 279 g/mol. The van der Waals surface area contributed by atoms with Gasteiger partial charge < -0.3 is 5.73 Å². The largest absolute Gasteiger partial charge is 0.368 e. The number of nitrogens with zero attached hydrogens (tertiary/aromatic N) is 2. The third-order valence-electron chi connectivity index (χ3n) is 3.36. The van der Waals surface area contributed by atoms with Crippen molar-refractivity contribution in [3.05, 3.63) is 29.3 Å². The molecule has 1 saturated heterocycles. The van der Waals surface area contributed by atoms with Crippen molar-refractivity contribution in [1.82, 2.24) is 9.88 Å². The monoisotopic (exact) mass is 279 g/mol. The quantitative estimate of drug-likeness (QED) is 0.930. The number of rotatable bonds is 3. The molecule has 2 aromatic rings. The number of carbonyl (C=O) groups excluding carboxylic acids is 1. The van der Waals surface area contributed by atoms with E-state index in [1.807, 2.05) is 24.3 Å². The molecule has 1 amide bonds. The fourth-order valence-electron chi connectivity index (χ4n) is 2.48. The van der Waals surface area contributed by atoms with E-state index in [2.05, 4.69) is 4.98 Å². The standard InChI is InChI=1S/C13H14FN3OS/c14-8-5-10(13(15)18)17(6-8)7-12-16-9-3-1-2-4-11(9)19-12/h1-4,8,10H,5-7H2,(H2,15,18). The van der Waals surface area contributed by atoms with Crippen LogP contribution < -0.4 is 5.73 Å². The molecule has 1 aliphatic heterocycles. The maximum absolute atomic E-state index is 13.4. The summed E-state index contributed by atoms with van der Waals surface area (Å²) in [6.45, 7) is 0.733. The number of thiazole rings is 1. The molecule has 1 aromatic heterocycles. The fraction of sp³-hybridized carbons (Fsp3) is 0.385. The van der Waals surface area contributed by atoms with Gasteiger partial charge in [-0.25, -0.2) is 9.37 Å². The van der Waals surface area contributed by atoms with Gasteiger partial charge in [0.05, 0.1) is 22.8 Å². The number of amides is 1. The summed E-state index contributed by atoms with van der Waals surface area (Å²) in [6.07, 6.45) is -0.785. The molecule has 0 radical (unpaired) electrons. The van der Waals surface area contributed by atoms with Gasteiger partial charge in [0.25, 0.3) is 0 Å². The third kappa shape index (κ3) is 2.46. The molecule has 6 heteroatoms. The van der Waals surface area contributed by atoms with Crippen LogP contribution in [0.4, 0.5) is 4.39 Å². The van der Waals surface area contributed by atoms with Crippen LogP contribution in [0.25, 0.3) is 10.2 Å². The average Bonchev–Trinajstić information content (AvgIpc) is 2.92.